The van der Waals surface area contributed by atoms with Crippen molar-refractivity contribution in [3.63, 3.8) is 0 Å². The van der Waals surface area contributed by atoms with Gasteiger partial charge in [0.25, 0.3) is 11.8 Å². The second-order valence-electron chi connectivity index (χ2n) is 4.50. The summed E-state index contributed by atoms with van der Waals surface area (Å²) < 4.78 is 18.0. The Bertz CT molecular complexity index is 705. The van der Waals surface area contributed by atoms with E-state index >= 15 is 0 Å². The molecule has 2 heterocycles. The van der Waals surface area contributed by atoms with E-state index in [0.29, 0.717) is 11.4 Å². The average Bonchev–Trinajstić information content (AvgIpc) is 3.06. The molecule has 2 aromatic rings. The number of hydrogen-bond acceptors (Lipinski definition) is 4. The lowest BCUT2D eigenvalue weighted by Gasteiger charge is -2.13. The molecule has 21 heavy (non-hydrogen) atoms. The first-order valence-electron chi connectivity index (χ1n) is 6.26. The van der Waals surface area contributed by atoms with Crippen LogP contribution in [-0.4, -0.2) is 16.7 Å². The minimum absolute atomic E-state index is 0.0791. The summed E-state index contributed by atoms with van der Waals surface area (Å²) >= 11 is 0. The molecule has 3 rings (SSSR count). The summed E-state index contributed by atoms with van der Waals surface area (Å²) in [6, 6.07) is 8.89. The first kappa shape index (κ1) is 13.1. The van der Waals surface area contributed by atoms with E-state index in [1.54, 1.807) is 12.1 Å². The van der Waals surface area contributed by atoms with Crippen molar-refractivity contribution in [3.05, 3.63) is 66.0 Å². The molecule has 0 radical (unpaired) electrons. The van der Waals surface area contributed by atoms with E-state index in [9.17, 15) is 14.0 Å². The highest BCUT2D eigenvalue weighted by molar-refractivity contribution is 6.17. The molecule has 1 aliphatic heterocycles. The van der Waals surface area contributed by atoms with Crippen LogP contribution in [0.25, 0.3) is 0 Å². The SMILES string of the molecule is O=C1C=C(Nc2ccc(F)cc2)C(=O)N1Cc1ccco1. The maximum absolute atomic E-state index is 12.8. The molecule has 1 aromatic heterocycles. The van der Waals surface area contributed by atoms with Gasteiger partial charge in [0, 0.05) is 11.8 Å². The van der Waals surface area contributed by atoms with Gasteiger partial charge >= 0.3 is 0 Å². The van der Waals surface area contributed by atoms with Crippen LogP contribution in [0.2, 0.25) is 0 Å². The van der Waals surface area contributed by atoms with E-state index in [1.165, 1.54) is 36.6 Å². The van der Waals surface area contributed by atoms with E-state index in [2.05, 4.69) is 5.32 Å². The number of carbonyl (C=O) groups excluding carboxylic acids is 2. The zero-order valence-electron chi connectivity index (χ0n) is 10.9. The molecule has 6 heteroatoms. The van der Waals surface area contributed by atoms with Crippen molar-refractivity contribution in [3.8, 4) is 0 Å². The number of hydrogen-bond donors (Lipinski definition) is 1. The third-order valence-corrected chi connectivity index (χ3v) is 3.03. The molecule has 1 aromatic carbocycles. The molecule has 0 unspecified atom stereocenters. The lowest BCUT2D eigenvalue weighted by molar-refractivity contribution is -0.138. The Morgan fingerprint density at radius 3 is 2.57 bits per heavy atom. The highest BCUT2D eigenvalue weighted by atomic mass is 19.1. The van der Waals surface area contributed by atoms with Crippen LogP contribution >= 0.6 is 0 Å². The quantitative estimate of drug-likeness (QED) is 0.876. The van der Waals surface area contributed by atoms with Crippen molar-refractivity contribution in [1.29, 1.82) is 0 Å². The fraction of sp³-hybridized carbons (Fsp3) is 0.0667. The normalized spacial score (nSPS) is 14.5. The molecule has 0 fully saturated rings. The average molecular weight is 286 g/mol. The minimum Gasteiger partial charge on any atom is -0.467 e. The van der Waals surface area contributed by atoms with Gasteiger partial charge in [-0.25, -0.2) is 4.39 Å². The summed E-state index contributed by atoms with van der Waals surface area (Å²) in [5, 5.41) is 2.81. The van der Waals surface area contributed by atoms with Crippen LogP contribution in [0.3, 0.4) is 0 Å². The number of rotatable bonds is 4. The number of nitrogens with zero attached hydrogens (tertiary/aromatic N) is 1. The number of amides is 2. The second kappa shape index (κ2) is 5.24. The van der Waals surface area contributed by atoms with Gasteiger partial charge in [-0.1, -0.05) is 0 Å². The Labute approximate surface area is 119 Å². The molecular formula is C15H11FN2O3. The topological polar surface area (TPSA) is 62.6 Å². The largest absolute Gasteiger partial charge is 0.467 e. The fourth-order valence-electron chi connectivity index (χ4n) is 1.99. The third kappa shape index (κ3) is 2.69. The predicted molar refractivity (Wildman–Crippen MR) is 72.4 cm³/mol. The van der Waals surface area contributed by atoms with E-state index in [0.717, 1.165) is 4.90 Å². The lowest BCUT2D eigenvalue weighted by Crippen LogP contribution is -2.31. The molecule has 106 valence electrons. The predicted octanol–water partition coefficient (Wildman–Crippen LogP) is 2.28. The summed E-state index contributed by atoms with van der Waals surface area (Å²) in [6.07, 6.45) is 2.69. The van der Waals surface area contributed by atoms with Gasteiger partial charge < -0.3 is 9.73 Å². The maximum atomic E-state index is 12.8. The van der Waals surface area contributed by atoms with Crippen LogP contribution in [0.5, 0.6) is 0 Å². The zero-order valence-corrected chi connectivity index (χ0v) is 10.9. The van der Waals surface area contributed by atoms with Gasteiger partial charge in [0.15, 0.2) is 0 Å². The molecule has 0 atom stereocenters. The van der Waals surface area contributed by atoms with Crippen molar-refractivity contribution in [2.75, 3.05) is 5.32 Å². The van der Waals surface area contributed by atoms with E-state index in [4.69, 9.17) is 4.42 Å². The van der Waals surface area contributed by atoms with Gasteiger partial charge in [-0.05, 0) is 36.4 Å². The summed E-state index contributed by atoms with van der Waals surface area (Å²) in [5.41, 5.74) is 0.682. The molecule has 0 bridgehead atoms. The van der Waals surface area contributed by atoms with Crippen LogP contribution < -0.4 is 5.32 Å². The number of carbonyl (C=O) groups is 2. The summed E-state index contributed by atoms with van der Waals surface area (Å²) in [4.78, 5) is 25.1. The monoisotopic (exact) mass is 286 g/mol. The van der Waals surface area contributed by atoms with Gasteiger partial charge in [0.05, 0.1) is 12.8 Å². The molecule has 1 aliphatic rings. The van der Waals surface area contributed by atoms with Crippen LogP contribution in [0, 0.1) is 5.82 Å². The number of furan rings is 1. The Morgan fingerprint density at radius 2 is 1.90 bits per heavy atom. The number of nitrogens with one attached hydrogen (secondary N) is 1. The molecule has 5 nitrogen and oxygen atoms in total. The second-order valence-corrected chi connectivity index (χ2v) is 4.50. The lowest BCUT2D eigenvalue weighted by atomic mass is 10.3. The molecule has 0 spiro atoms. The van der Waals surface area contributed by atoms with Gasteiger partial charge in [-0.3, -0.25) is 14.5 Å². The van der Waals surface area contributed by atoms with Gasteiger partial charge in [0.1, 0.15) is 17.3 Å². The Morgan fingerprint density at radius 1 is 1.14 bits per heavy atom. The van der Waals surface area contributed by atoms with Crippen molar-refractivity contribution in [2.24, 2.45) is 0 Å². The highest BCUT2D eigenvalue weighted by Crippen LogP contribution is 2.19. The Kier molecular flexibility index (Phi) is 3.27. The molecular weight excluding hydrogens is 275 g/mol. The number of benzene rings is 1. The minimum atomic E-state index is -0.444. The fourth-order valence-corrected chi connectivity index (χ4v) is 1.99. The first-order valence-corrected chi connectivity index (χ1v) is 6.26. The standard InChI is InChI=1S/C15H11FN2O3/c16-10-3-5-11(6-4-10)17-13-8-14(19)18(15(13)20)9-12-2-1-7-21-12/h1-8,17H,9H2. The first-order chi connectivity index (χ1) is 10.1. The Balaban J connectivity index is 1.73. The van der Waals surface area contributed by atoms with Crippen LogP contribution in [0.4, 0.5) is 10.1 Å². The van der Waals surface area contributed by atoms with Crippen molar-refractivity contribution in [2.45, 2.75) is 6.54 Å². The summed E-state index contributed by atoms with van der Waals surface area (Å²) in [5.74, 6) is -0.710. The van der Waals surface area contributed by atoms with Crippen LogP contribution in [0.15, 0.2) is 58.9 Å². The Hall–Kier alpha value is -2.89. The van der Waals surface area contributed by atoms with Gasteiger partial charge in [-0.15, -0.1) is 0 Å². The molecule has 0 saturated heterocycles. The van der Waals surface area contributed by atoms with Crippen LogP contribution in [-0.2, 0) is 16.1 Å². The maximum Gasteiger partial charge on any atom is 0.277 e. The summed E-state index contributed by atoms with van der Waals surface area (Å²) in [7, 11) is 0. The van der Waals surface area contributed by atoms with Gasteiger partial charge in [-0.2, -0.15) is 0 Å². The molecule has 2 amide bonds. The van der Waals surface area contributed by atoms with Crippen molar-refractivity contribution < 1.29 is 18.4 Å². The highest BCUT2D eigenvalue weighted by Gasteiger charge is 2.31. The van der Waals surface area contributed by atoms with E-state index < -0.39 is 11.8 Å². The number of anilines is 1. The van der Waals surface area contributed by atoms with Crippen LogP contribution in [0.1, 0.15) is 5.76 Å². The zero-order chi connectivity index (χ0) is 14.8. The summed E-state index contributed by atoms with van der Waals surface area (Å²) in [6.45, 7) is 0.0791. The van der Waals surface area contributed by atoms with Crippen molar-refractivity contribution >= 4 is 17.5 Å². The number of halogens is 1. The van der Waals surface area contributed by atoms with Crippen molar-refractivity contribution in [1.82, 2.24) is 4.90 Å². The molecule has 0 saturated carbocycles. The van der Waals surface area contributed by atoms with E-state index in [1.807, 2.05) is 0 Å². The number of imide groups is 1. The van der Waals surface area contributed by atoms with E-state index in [-0.39, 0.29) is 18.1 Å². The van der Waals surface area contributed by atoms with Gasteiger partial charge in [0.2, 0.25) is 0 Å². The smallest absolute Gasteiger partial charge is 0.277 e. The third-order valence-electron chi connectivity index (χ3n) is 3.03. The molecule has 0 aliphatic carbocycles. The molecule has 1 N–H and O–H groups in total.